The molecule has 2 aromatic carbocycles. The fourth-order valence-corrected chi connectivity index (χ4v) is 3.62. The first-order valence-corrected chi connectivity index (χ1v) is 10.9. The summed E-state index contributed by atoms with van der Waals surface area (Å²) in [5, 5.41) is 8.70. The van der Waals surface area contributed by atoms with Gasteiger partial charge < -0.3 is 4.74 Å². The summed E-state index contributed by atoms with van der Waals surface area (Å²) in [5.41, 5.74) is 1.94. The molecule has 1 atom stereocenters. The summed E-state index contributed by atoms with van der Waals surface area (Å²) < 4.78 is 8.24. The lowest BCUT2D eigenvalue weighted by Gasteiger charge is -2.20. The van der Waals surface area contributed by atoms with Gasteiger partial charge in [-0.25, -0.2) is 4.68 Å². The molecule has 0 amide bonds. The molecule has 0 bridgehead atoms. The first-order valence-electron chi connectivity index (χ1n) is 10.9. The molecule has 0 fully saturated rings. The van der Waals surface area contributed by atoms with Crippen LogP contribution in [0, 0.1) is 0 Å². The van der Waals surface area contributed by atoms with Gasteiger partial charge in [0.05, 0.1) is 5.52 Å². The van der Waals surface area contributed by atoms with Crippen molar-refractivity contribution in [3.8, 4) is 5.75 Å². The molecule has 150 valence electrons. The van der Waals surface area contributed by atoms with Crippen LogP contribution in [0.1, 0.15) is 77.4 Å². The van der Waals surface area contributed by atoms with Gasteiger partial charge >= 0.3 is 0 Å². The van der Waals surface area contributed by atoms with Gasteiger partial charge in [-0.1, -0.05) is 93.8 Å². The maximum atomic E-state index is 6.30. The van der Waals surface area contributed by atoms with Crippen LogP contribution in [0.2, 0.25) is 0 Å². The molecule has 4 nitrogen and oxygen atoms in total. The summed E-state index contributed by atoms with van der Waals surface area (Å²) >= 11 is 0. The Morgan fingerprint density at radius 3 is 2.18 bits per heavy atom. The summed E-state index contributed by atoms with van der Waals surface area (Å²) in [6.07, 6.45) is 12.7. The second kappa shape index (κ2) is 11.5. The number of rotatable bonds is 13. The van der Waals surface area contributed by atoms with Crippen molar-refractivity contribution in [1.82, 2.24) is 15.0 Å². The lowest BCUT2D eigenvalue weighted by molar-refractivity contribution is 0.108. The Kier molecular flexibility index (Phi) is 8.35. The van der Waals surface area contributed by atoms with Gasteiger partial charge in [0.2, 0.25) is 0 Å². The Bertz CT molecular complexity index is 800. The lowest BCUT2D eigenvalue weighted by atomic mass is 10.1. The number of para-hydroxylation sites is 2. The first kappa shape index (κ1) is 20.4. The van der Waals surface area contributed by atoms with E-state index in [2.05, 4.69) is 23.3 Å². The van der Waals surface area contributed by atoms with E-state index < -0.39 is 0 Å². The maximum Gasteiger partial charge on any atom is 0.193 e. The van der Waals surface area contributed by atoms with Gasteiger partial charge in [-0.05, 0) is 30.7 Å². The van der Waals surface area contributed by atoms with E-state index in [-0.39, 0.29) is 6.23 Å². The minimum absolute atomic E-state index is 0.126. The van der Waals surface area contributed by atoms with Crippen LogP contribution in [0.5, 0.6) is 5.75 Å². The highest BCUT2D eigenvalue weighted by Crippen LogP contribution is 2.25. The van der Waals surface area contributed by atoms with Gasteiger partial charge in [-0.15, -0.1) is 5.10 Å². The third kappa shape index (κ3) is 6.08. The maximum absolute atomic E-state index is 6.30. The van der Waals surface area contributed by atoms with Crippen molar-refractivity contribution in [2.75, 3.05) is 0 Å². The Balaban J connectivity index is 1.54. The summed E-state index contributed by atoms with van der Waals surface area (Å²) in [6.45, 7) is 2.27. The first-order chi connectivity index (χ1) is 13.9. The normalized spacial score (nSPS) is 12.3. The minimum atomic E-state index is -0.126. The topological polar surface area (TPSA) is 39.9 Å². The average molecular weight is 380 g/mol. The molecule has 0 N–H and O–H groups in total. The largest absolute Gasteiger partial charge is 0.469 e. The number of fused-ring (bicyclic) bond motifs is 1. The third-order valence-corrected chi connectivity index (χ3v) is 5.22. The molecule has 28 heavy (non-hydrogen) atoms. The van der Waals surface area contributed by atoms with Gasteiger partial charge in [-0.2, -0.15) is 0 Å². The molecule has 3 rings (SSSR count). The summed E-state index contributed by atoms with van der Waals surface area (Å²) in [6, 6.07) is 18.1. The molecule has 0 radical (unpaired) electrons. The number of unbranched alkanes of at least 4 members (excludes halogenated alkanes) is 8. The van der Waals surface area contributed by atoms with E-state index in [1.54, 1.807) is 0 Å². The van der Waals surface area contributed by atoms with Crippen LogP contribution in [0.15, 0.2) is 54.6 Å². The molecule has 0 aliphatic rings. The predicted octanol–water partition coefficient (Wildman–Crippen LogP) is 6.93. The number of ether oxygens (including phenoxy) is 1. The van der Waals surface area contributed by atoms with Crippen molar-refractivity contribution in [1.29, 1.82) is 0 Å². The van der Waals surface area contributed by atoms with E-state index in [0.29, 0.717) is 0 Å². The SMILES string of the molecule is CCCCCCCCCCCC(Oc1ccccc1)n1nnc2ccccc21. The fraction of sp³-hybridized carbons (Fsp3) is 0.500. The molecule has 1 aromatic heterocycles. The Hall–Kier alpha value is -2.36. The van der Waals surface area contributed by atoms with Crippen LogP contribution >= 0.6 is 0 Å². The van der Waals surface area contributed by atoms with Crippen LogP contribution in [0.4, 0.5) is 0 Å². The molecule has 3 aromatic rings. The second-order valence-corrected chi connectivity index (χ2v) is 7.53. The van der Waals surface area contributed by atoms with Crippen LogP contribution in [-0.2, 0) is 0 Å². The molecule has 0 aliphatic carbocycles. The van der Waals surface area contributed by atoms with Crippen LogP contribution in [-0.4, -0.2) is 15.0 Å². The molecule has 0 aliphatic heterocycles. The molecule has 0 spiro atoms. The van der Waals surface area contributed by atoms with Gasteiger partial charge in [0.1, 0.15) is 11.3 Å². The summed E-state index contributed by atoms with van der Waals surface area (Å²) in [7, 11) is 0. The van der Waals surface area contributed by atoms with Crippen LogP contribution in [0.25, 0.3) is 11.0 Å². The van der Waals surface area contributed by atoms with Crippen molar-refractivity contribution in [2.24, 2.45) is 0 Å². The molecule has 0 saturated carbocycles. The molecular formula is C24H33N3O. The van der Waals surface area contributed by atoms with E-state index in [4.69, 9.17) is 4.74 Å². The Morgan fingerprint density at radius 2 is 1.43 bits per heavy atom. The van der Waals surface area contributed by atoms with Gasteiger partial charge in [-0.3, -0.25) is 0 Å². The van der Waals surface area contributed by atoms with E-state index in [0.717, 1.165) is 29.6 Å². The van der Waals surface area contributed by atoms with E-state index in [9.17, 15) is 0 Å². The van der Waals surface area contributed by atoms with Crippen LogP contribution in [0.3, 0.4) is 0 Å². The Morgan fingerprint density at radius 1 is 0.786 bits per heavy atom. The number of benzene rings is 2. The zero-order chi connectivity index (χ0) is 19.4. The number of nitrogens with zero attached hydrogens (tertiary/aromatic N) is 3. The van der Waals surface area contributed by atoms with Crippen molar-refractivity contribution in [2.45, 2.75) is 77.4 Å². The van der Waals surface area contributed by atoms with E-state index in [1.165, 1.54) is 51.4 Å². The molecular weight excluding hydrogens is 346 g/mol. The van der Waals surface area contributed by atoms with Gasteiger partial charge in [0, 0.05) is 6.42 Å². The molecule has 0 saturated heterocycles. The van der Waals surface area contributed by atoms with E-state index >= 15 is 0 Å². The highest BCUT2D eigenvalue weighted by molar-refractivity contribution is 5.73. The number of hydrogen-bond acceptors (Lipinski definition) is 3. The summed E-state index contributed by atoms with van der Waals surface area (Å²) in [4.78, 5) is 0. The van der Waals surface area contributed by atoms with Crippen molar-refractivity contribution in [3.05, 3.63) is 54.6 Å². The highest BCUT2D eigenvalue weighted by atomic mass is 16.5. The fourth-order valence-electron chi connectivity index (χ4n) is 3.62. The van der Waals surface area contributed by atoms with Gasteiger partial charge in [0.25, 0.3) is 0 Å². The quantitative estimate of drug-likeness (QED) is 0.302. The molecule has 1 unspecified atom stereocenters. The minimum Gasteiger partial charge on any atom is -0.469 e. The average Bonchev–Trinajstić information content (AvgIpc) is 3.16. The monoisotopic (exact) mass is 379 g/mol. The zero-order valence-electron chi connectivity index (χ0n) is 17.1. The third-order valence-electron chi connectivity index (χ3n) is 5.22. The predicted molar refractivity (Wildman–Crippen MR) is 115 cm³/mol. The molecule has 1 heterocycles. The van der Waals surface area contributed by atoms with Crippen LogP contribution < -0.4 is 4.74 Å². The van der Waals surface area contributed by atoms with Crippen molar-refractivity contribution < 1.29 is 4.74 Å². The second-order valence-electron chi connectivity index (χ2n) is 7.53. The van der Waals surface area contributed by atoms with Crippen molar-refractivity contribution in [3.63, 3.8) is 0 Å². The van der Waals surface area contributed by atoms with E-state index in [1.807, 2.05) is 53.2 Å². The number of aromatic nitrogens is 3. The highest BCUT2D eigenvalue weighted by Gasteiger charge is 2.17. The van der Waals surface area contributed by atoms with Gasteiger partial charge in [0.15, 0.2) is 6.23 Å². The lowest BCUT2D eigenvalue weighted by Crippen LogP contribution is -2.17. The smallest absolute Gasteiger partial charge is 0.193 e. The number of hydrogen-bond donors (Lipinski definition) is 0. The zero-order valence-corrected chi connectivity index (χ0v) is 17.1. The van der Waals surface area contributed by atoms with Crippen molar-refractivity contribution >= 4 is 11.0 Å². The Labute approximate surface area is 168 Å². The summed E-state index contributed by atoms with van der Waals surface area (Å²) in [5.74, 6) is 0.878. The standard InChI is InChI=1S/C24H33N3O/c1-2-3-4-5-6-7-8-9-13-20-24(28-21-16-11-10-12-17-21)27-23-19-15-14-18-22(23)25-26-27/h10-12,14-19,24H,2-9,13,20H2,1H3. The molecule has 4 heteroatoms.